The normalized spacial score (nSPS) is 11.1. The van der Waals surface area contributed by atoms with E-state index in [1.165, 1.54) is 0 Å². The Bertz CT molecular complexity index is 577. The molecule has 1 N–H and O–H groups in total. The van der Waals surface area contributed by atoms with Gasteiger partial charge in [0.1, 0.15) is 12.4 Å². The molecule has 0 atom stereocenters. The van der Waals surface area contributed by atoms with Crippen molar-refractivity contribution in [2.45, 2.75) is 53.4 Å². The van der Waals surface area contributed by atoms with E-state index in [2.05, 4.69) is 36.2 Å². The van der Waals surface area contributed by atoms with Crippen LogP contribution < -0.4 is 10.1 Å². The fourth-order valence-electron chi connectivity index (χ4n) is 1.97. The maximum absolute atomic E-state index is 5.91. The maximum atomic E-state index is 5.91. The van der Waals surface area contributed by atoms with Gasteiger partial charge < -0.3 is 10.1 Å². The van der Waals surface area contributed by atoms with Crippen molar-refractivity contribution in [3.63, 3.8) is 0 Å². The van der Waals surface area contributed by atoms with Gasteiger partial charge in [0.2, 0.25) is 0 Å². The molecule has 5 heteroatoms. The summed E-state index contributed by atoms with van der Waals surface area (Å²) >= 11 is 0. The van der Waals surface area contributed by atoms with Gasteiger partial charge in [-0.15, -0.1) is 0 Å². The molecule has 2 rings (SSSR count). The minimum atomic E-state index is 0.419. The molecule has 0 saturated carbocycles. The molecule has 21 heavy (non-hydrogen) atoms. The minimum Gasteiger partial charge on any atom is -0.487 e. The van der Waals surface area contributed by atoms with Crippen molar-refractivity contribution < 1.29 is 4.74 Å². The molecule has 0 aliphatic heterocycles. The summed E-state index contributed by atoms with van der Waals surface area (Å²) in [6.45, 7) is 10.4. The third-order valence-electron chi connectivity index (χ3n) is 3.15. The summed E-state index contributed by atoms with van der Waals surface area (Å²) in [5.41, 5.74) is 3.02. The number of ether oxygens (including phenoxy) is 1. The highest BCUT2D eigenvalue weighted by Gasteiger charge is 2.08. The summed E-state index contributed by atoms with van der Waals surface area (Å²) in [6.07, 6.45) is 3.85. The van der Waals surface area contributed by atoms with Crippen molar-refractivity contribution in [1.29, 1.82) is 0 Å². The average Bonchev–Trinajstić information content (AvgIpc) is 2.92. The largest absolute Gasteiger partial charge is 0.487 e. The van der Waals surface area contributed by atoms with Crippen LogP contribution in [-0.4, -0.2) is 20.8 Å². The van der Waals surface area contributed by atoms with Gasteiger partial charge in [-0.2, -0.15) is 5.10 Å². The average molecular weight is 288 g/mol. The smallest absolute Gasteiger partial charge is 0.142 e. The SMILES string of the molecule is CCn1cc(COc2ccc(C)nc2CNC(C)C)cn1. The van der Waals surface area contributed by atoms with Crippen molar-refractivity contribution in [2.75, 3.05) is 0 Å². The van der Waals surface area contributed by atoms with Crippen molar-refractivity contribution in [1.82, 2.24) is 20.1 Å². The summed E-state index contributed by atoms with van der Waals surface area (Å²) in [7, 11) is 0. The van der Waals surface area contributed by atoms with Gasteiger partial charge in [0.25, 0.3) is 0 Å². The molecule has 0 fully saturated rings. The van der Waals surface area contributed by atoms with E-state index in [1.54, 1.807) is 0 Å². The predicted octanol–water partition coefficient (Wildman–Crippen LogP) is 2.68. The van der Waals surface area contributed by atoms with Gasteiger partial charge in [0.05, 0.1) is 11.9 Å². The first-order valence-corrected chi connectivity index (χ1v) is 7.42. The quantitative estimate of drug-likeness (QED) is 0.851. The predicted molar refractivity (Wildman–Crippen MR) is 83.2 cm³/mol. The molecule has 0 bridgehead atoms. The van der Waals surface area contributed by atoms with Gasteiger partial charge in [0.15, 0.2) is 0 Å². The number of aryl methyl sites for hydroxylation is 2. The van der Waals surface area contributed by atoms with Crippen LogP contribution in [0.5, 0.6) is 5.75 Å². The summed E-state index contributed by atoms with van der Waals surface area (Å²) in [4.78, 5) is 4.57. The van der Waals surface area contributed by atoms with E-state index in [1.807, 2.05) is 36.1 Å². The van der Waals surface area contributed by atoms with E-state index < -0.39 is 0 Å². The highest BCUT2D eigenvalue weighted by molar-refractivity contribution is 5.29. The van der Waals surface area contributed by atoms with Crippen molar-refractivity contribution in [2.24, 2.45) is 0 Å². The van der Waals surface area contributed by atoms with Crippen LogP contribution in [0.2, 0.25) is 0 Å². The molecule has 2 heterocycles. The number of nitrogens with zero attached hydrogens (tertiary/aromatic N) is 3. The van der Waals surface area contributed by atoms with Crippen LogP contribution in [-0.2, 0) is 19.7 Å². The summed E-state index contributed by atoms with van der Waals surface area (Å²) in [5, 5.41) is 7.63. The standard InChI is InChI=1S/C16H24N4O/c1-5-20-10-14(8-18-20)11-21-16-7-6-13(4)19-15(16)9-17-12(2)3/h6-8,10,12,17H,5,9,11H2,1-4H3. The fraction of sp³-hybridized carbons (Fsp3) is 0.500. The molecule has 0 radical (unpaired) electrons. The van der Waals surface area contributed by atoms with Crippen LogP contribution in [0.25, 0.3) is 0 Å². The molecule has 5 nitrogen and oxygen atoms in total. The van der Waals surface area contributed by atoms with Crippen LogP contribution >= 0.6 is 0 Å². The lowest BCUT2D eigenvalue weighted by atomic mass is 10.2. The van der Waals surface area contributed by atoms with Crippen molar-refractivity contribution >= 4 is 0 Å². The van der Waals surface area contributed by atoms with Crippen LogP contribution in [0, 0.1) is 6.92 Å². The Morgan fingerprint density at radius 3 is 2.81 bits per heavy atom. The van der Waals surface area contributed by atoms with Crippen LogP contribution in [0.15, 0.2) is 24.5 Å². The second-order valence-electron chi connectivity index (χ2n) is 5.43. The molecule has 0 aliphatic rings. The Hall–Kier alpha value is -1.88. The fourth-order valence-corrected chi connectivity index (χ4v) is 1.97. The molecule has 0 spiro atoms. The number of aromatic nitrogens is 3. The maximum Gasteiger partial charge on any atom is 0.142 e. The highest BCUT2D eigenvalue weighted by atomic mass is 16.5. The van der Waals surface area contributed by atoms with Crippen molar-refractivity contribution in [3.8, 4) is 5.75 Å². The lowest BCUT2D eigenvalue weighted by Crippen LogP contribution is -2.23. The van der Waals surface area contributed by atoms with Gasteiger partial charge in [-0.25, -0.2) is 0 Å². The summed E-state index contributed by atoms with van der Waals surface area (Å²) in [5.74, 6) is 0.831. The van der Waals surface area contributed by atoms with Crippen LogP contribution in [0.1, 0.15) is 37.7 Å². The Morgan fingerprint density at radius 1 is 1.33 bits per heavy atom. The first-order chi connectivity index (χ1) is 10.1. The van der Waals surface area contributed by atoms with E-state index in [0.717, 1.165) is 29.2 Å². The summed E-state index contributed by atoms with van der Waals surface area (Å²) < 4.78 is 7.81. The monoisotopic (exact) mass is 288 g/mol. The van der Waals surface area contributed by atoms with Crippen molar-refractivity contribution in [3.05, 3.63) is 41.5 Å². The molecule has 2 aromatic rings. The Balaban J connectivity index is 2.04. The van der Waals surface area contributed by atoms with Gasteiger partial charge in [-0.05, 0) is 26.0 Å². The molecule has 0 saturated heterocycles. The zero-order valence-corrected chi connectivity index (χ0v) is 13.3. The lowest BCUT2D eigenvalue weighted by molar-refractivity contribution is 0.299. The van der Waals surface area contributed by atoms with Crippen LogP contribution in [0.3, 0.4) is 0 Å². The number of hydrogen-bond donors (Lipinski definition) is 1. The Kier molecular flexibility index (Phi) is 5.33. The van der Waals surface area contributed by atoms with Crippen LogP contribution in [0.4, 0.5) is 0 Å². The molecule has 0 aliphatic carbocycles. The van der Waals surface area contributed by atoms with E-state index in [0.29, 0.717) is 19.2 Å². The topological polar surface area (TPSA) is 52.0 Å². The van der Waals surface area contributed by atoms with E-state index >= 15 is 0 Å². The highest BCUT2D eigenvalue weighted by Crippen LogP contribution is 2.18. The molecular formula is C16H24N4O. The zero-order chi connectivity index (χ0) is 15.2. The van der Waals surface area contributed by atoms with E-state index in [9.17, 15) is 0 Å². The first-order valence-electron chi connectivity index (χ1n) is 7.42. The second-order valence-corrected chi connectivity index (χ2v) is 5.43. The lowest BCUT2D eigenvalue weighted by Gasteiger charge is -2.13. The Morgan fingerprint density at radius 2 is 2.14 bits per heavy atom. The molecule has 2 aromatic heterocycles. The molecule has 0 aromatic carbocycles. The van der Waals surface area contributed by atoms with E-state index in [-0.39, 0.29) is 0 Å². The summed E-state index contributed by atoms with van der Waals surface area (Å²) in [6, 6.07) is 4.39. The Labute approximate surface area is 126 Å². The van der Waals surface area contributed by atoms with E-state index in [4.69, 9.17) is 4.74 Å². The zero-order valence-electron chi connectivity index (χ0n) is 13.3. The molecule has 0 unspecified atom stereocenters. The minimum absolute atomic E-state index is 0.419. The van der Waals surface area contributed by atoms with Gasteiger partial charge in [0, 0.05) is 36.6 Å². The first kappa shape index (κ1) is 15.5. The molecule has 0 amide bonds. The third kappa shape index (κ3) is 4.56. The van der Waals surface area contributed by atoms with Gasteiger partial charge in [-0.3, -0.25) is 9.67 Å². The number of nitrogens with one attached hydrogen (secondary N) is 1. The van der Waals surface area contributed by atoms with Gasteiger partial charge >= 0.3 is 0 Å². The number of hydrogen-bond acceptors (Lipinski definition) is 4. The number of pyridine rings is 1. The second kappa shape index (κ2) is 7.22. The van der Waals surface area contributed by atoms with Gasteiger partial charge in [-0.1, -0.05) is 13.8 Å². The number of rotatable bonds is 7. The third-order valence-corrected chi connectivity index (χ3v) is 3.15. The molecular weight excluding hydrogens is 264 g/mol. The molecule has 114 valence electrons.